The average molecular weight is 304 g/mol. The van der Waals surface area contributed by atoms with Crippen LogP contribution in [0.1, 0.15) is 35.7 Å². The molecule has 0 aliphatic carbocycles. The zero-order valence-corrected chi connectivity index (χ0v) is 12.8. The number of nitrogens with one attached hydrogen (secondary N) is 1. The normalized spacial score (nSPS) is 11.4. The predicted octanol–water partition coefficient (Wildman–Crippen LogP) is 5.49. The lowest BCUT2D eigenvalue weighted by molar-refractivity contribution is 0.112. The highest BCUT2D eigenvalue weighted by Gasteiger charge is 2.16. The molecule has 0 aliphatic heterocycles. The number of carbonyl (C=O) groups is 1. The monoisotopic (exact) mass is 303 g/mol. The highest BCUT2D eigenvalue weighted by atomic mass is 35.5. The van der Waals surface area contributed by atoms with Crippen LogP contribution in [-0.4, -0.2) is 11.3 Å². The van der Waals surface area contributed by atoms with Crippen LogP contribution in [0.4, 0.5) is 0 Å². The van der Waals surface area contributed by atoms with Gasteiger partial charge in [-0.3, -0.25) is 4.79 Å². The molecule has 0 aliphatic rings. The Hall–Kier alpha value is -1.58. The summed E-state index contributed by atoms with van der Waals surface area (Å²) in [5.74, 6) is 0.400. The van der Waals surface area contributed by atoms with Gasteiger partial charge in [0.05, 0.1) is 20.4 Å². The number of carbonyl (C=O) groups excluding carboxylic acids is 1. The van der Waals surface area contributed by atoms with Gasteiger partial charge in [-0.05, 0) is 23.6 Å². The van der Waals surface area contributed by atoms with Crippen molar-refractivity contribution >= 4 is 40.1 Å². The van der Waals surface area contributed by atoms with E-state index >= 15 is 0 Å². The smallest absolute Gasteiger partial charge is 0.152 e. The quantitative estimate of drug-likeness (QED) is 0.638. The summed E-state index contributed by atoms with van der Waals surface area (Å²) in [6, 6.07) is 9.89. The number of benzene rings is 1. The van der Waals surface area contributed by atoms with Gasteiger partial charge in [-0.15, -0.1) is 11.3 Å². The van der Waals surface area contributed by atoms with E-state index in [9.17, 15) is 4.79 Å². The SMILES string of the molecule is CC(C)c1cccc2c(C=O)c(-c3ccc(Cl)s3)[nH]c12. The molecule has 0 atom stereocenters. The zero-order valence-electron chi connectivity index (χ0n) is 11.2. The van der Waals surface area contributed by atoms with E-state index in [0.717, 1.165) is 32.1 Å². The molecule has 0 spiro atoms. The summed E-state index contributed by atoms with van der Waals surface area (Å²) >= 11 is 7.48. The highest BCUT2D eigenvalue weighted by Crippen LogP contribution is 2.37. The van der Waals surface area contributed by atoms with Crippen molar-refractivity contribution in [2.75, 3.05) is 0 Å². The molecule has 3 aromatic rings. The molecule has 3 rings (SSSR count). The first-order valence-electron chi connectivity index (χ1n) is 6.47. The first kappa shape index (κ1) is 13.4. The Morgan fingerprint density at radius 3 is 2.65 bits per heavy atom. The van der Waals surface area contributed by atoms with Crippen LogP contribution in [0, 0.1) is 0 Å². The molecule has 0 saturated heterocycles. The molecule has 4 heteroatoms. The maximum Gasteiger partial charge on any atom is 0.152 e. The van der Waals surface area contributed by atoms with Crippen molar-refractivity contribution in [3.05, 3.63) is 45.8 Å². The predicted molar refractivity (Wildman–Crippen MR) is 86.1 cm³/mol. The summed E-state index contributed by atoms with van der Waals surface area (Å²) in [5, 5.41) is 0.978. The summed E-state index contributed by atoms with van der Waals surface area (Å²) in [6.45, 7) is 4.30. The number of aromatic nitrogens is 1. The van der Waals surface area contributed by atoms with E-state index < -0.39 is 0 Å². The number of hydrogen-bond donors (Lipinski definition) is 1. The van der Waals surface area contributed by atoms with E-state index in [4.69, 9.17) is 11.6 Å². The van der Waals surface area contributed by atoms with Crippen LogP contribution in [0.3, 0.4) is 0 Å². The fraction of sp³-hybridized carbons (Fsp3) is 0.188. The number of thiophene rings is 1. The second-order valence-electron chi connectivity index (χ2n) is 5.06. The maximum atomic E-state index is 11.5. The largest absolute Gasteiger partial charge is 0.353 e. The average Bonchev–Trinajstić information content (AvgIpc) is 3.00. The third-order valence-corrected chi connectivity index (χ3v) is 4.71. The lowest BCUT2D eigenvalue weighted by Crippen LogP contribution is -1.88. The molecule has 102 valence electrons. The molecular weight excluding hydrogens is 290 g/mol. The van der Waals surface area contributed by atoms with Crippen LogP contribution in [0.5, 0.6) is 0 Å². The third kappa shape index (κ3) is 2.07. The van der Waals surface area contributed by atoms with Gasteiger partial charge in [-0.25, -0.2) is 0 Å². The Labute approximate surface area is 126 Å². The molecule has 2 heterocycles. The molecule has 0 unspecified atom stereocenters. The van der Waals surface area contributed by atoms with E-state index in [1.54, 1.807) is 0 Å². The molecule has 0 fully saturated rings. The Bertz CT molecular complexity index is 785. The van der Waals surface area contributed by atoms with Crippen LogP contribution in [0.25, 0.3) is 21.5 Å². The van der Waals surface area contributed by atoms with E-state index in [2.05, 4.69) is 24.9 Å². The standard InChI is InChI=1S/C16H14ClNOS/c1-9(2)10-4-3-5-11-12(8-19)16(18-15(10)11)13-6-7-14(17)20-13/h3-9,18H,1-2H3. The Morgan fingerprint density at radius 2 is 2.05 bits per heavy atom. The molecule has 2 nitrogen and oxygen atoms in total. The van der Waals surface area contributed by atoms with Crippen molar-refractivity contribution in [3.63, 3.8) is 0 Å². The van der Waals surface area contributed by atoms with Gasteiger partial charge < -0.3 is 4.98 Å². The lowest BCUT2D eigenvalue weighted by Gasteiger charge is -2.06. The number of halogens is 1. The van der Waals surface area contributed by atoms with E-state index in [-0.39, 0.29) is 0 Å². The van der Waals surface area contributed by atoms with Gasteiger partial charge in [0.2, 0.25) is 0 Å². The van der Waals surface area contributed by atoms with Crippen molar-refractivity contribution in [1.82, 2.24) is 4.98 Å². The summed E-state index contributed by atoms with van der Waals surface area (Å²) in [4.78, 5) is 15.9. The molecule has 1 N–H and O–H groups in total. The molecule has 0 amide bonds. The number of hydrogen-bond acceptors (Lipinski definition) is 2. The van der Waals surface area contributed by atoms with Crippen molar-refractivity contribution in [2.45, 2.75) is 19.8 Å². The van der Waals surface area contributed by atoms with Gasteiger partial charge in [0.15, 0.2) is 6.29 Å². The van der Waals surface area contributed by atoms with E-state index in [0.29, 0.717) is 11.5 Å². The van der Waals surface area contributed by atoms with Gasteiger partial charge >= 0.3 is 0 Å². The molecule has 1 aromatic carbocycles. The fourth-order valence-electron chi connectivity index (χ4n) is 2.51. The van der Waals surface area contributed by atoms with Crippen LogP contribution in [0.15, 0.2) is 30.3 Å². The number of H-pyrrole nitrogens is 1. The van der Waals surface area contributed by atoms with Gasteiger partial charge in [-0.1, -0.05) is 43.6 Å². The molecule has 0 radical (unpaired) electrons. The number of rotatable bonds is 3. The molecule has 0 bridgehead atoms. The van der Waals surface area contributed by atoms with Crippen LogP contribution >= 0.6 is 22.9 Å². The number of para-hydroxylation sites is 1. The van der Waals surface area contributed by atoms with Crippen LogP contribution in [0.2, 0.25) is 4.34 Å². The summed E-state index contributed by atoms with van der Waals surface area (Å²) < 4.78 is 0.722. The minimum atomic E-state index is 0.400. The van der Waals surface area contributed by atoms with Gasteiger partial charge in [0.25, 0.3) is 0 Å². The summed E-state index contributed by atoms with van der Waals surface area (Å²) in [7, 11) is 0. The minimum Gasteiger partial charge on any atom is -0.353 e. The topological polar surface area (TPSA) is 32.9 Å². The Balaban J connectivity index is 2.33. The van der Waals surface area contributed by atoms with E-state index in [1.807, 2.05) is 24.3 Å². The van der Waals surface area contributed by atoms with Gasteiger partial charge in [0, 0.05) is 10.9 Å². The van der Waals surface area contributed by atoms with Crippen molar-refractivity contribution in [1.29, 1.82) is 0 Å². The Kier molecular flexibility index (Phi) is 3.40. The second-order valence-corrected chi connectivity index (χ2v) is 6.77. The van der Waals surface area contributed by atoms with Crippen molar-refractivity contribution in [2.24, 2.45) is 0 Å². The third-order valence-electron chi connectivity index (χ3n) is 3.47. The first-order chi connectivity index (χ1) is 9.61. The summed E-state index contributed by atoms with van der Waals surface area (Å²) in [5.41, 5.74) is 3.84. The van der Waals surface area contributed by atoms with Crippen molar-refractivity contribution in [3.8, 4) is 10.6 Å². The second kappa shape index (κ2) is 5.08. The maximum absolute atomic E-state index is 11.5. The Morgan fingerprint density at radius 1 is 1.25 bits per heavy atom. The minimum absolute atomic E-state index is 0.400. The van der Waals surface area contributed by atoms with Crippen LogP contribution < -0.4 is 0 Å². The number of aldehydes is 1. The molecule has 20 heavy (non-hydrogen) atoms. The first-order valence-corrected chi connectivity index (χ1v) is 7.66. The highest BCUT2D eigenvalue weighted by molar-refractivity contribution is 7.19. The zero-order chi connectivity index (χ0) is 14.3. The lowest BCUT2D eigenvalue weighted by atomic mass is 10.00. The van der Waals surface area contributed by atoms with E-state index in [1.165, 1.54) is 16.9 Å². The fourth-order valence-corrected chi connectivity index (χ4v) is 3.57. The summed E-state index contributed by atoms with van der Waals surface area (Å²) in [6.07, 6.45) is 0.923. The van der Waals surface area contributed by atoms with Crippen LogP contribution in [-0.2, 0) is 0 Å². The molecule has 0 saturated carbocycles. The number of fused-ring (bicyclic) bond motifs is 1. The van der Waals surface area contributed by atoms with Gasteiger partial charge in [-0.2, -0.15) is 0 Å². The van der Waals surface area contributed by atoms with Gasteiger partial charge in [0.1, 0.15) is 0 Å². The number of aromatic amines is 1. The van der Waals surface area contributed by atoms with Crippen molar-refractivity contribution < 1.29 is 4.79 Å². The molecular formula is C16H14ClNOS. The molecule has 2 aromatic heterocycles.